The molecule has 0 fully saturated rings. The van der Waals surface area contributed by atoms with Crippen LogP contribution in [-0.4, -0.2) is 17.1 Å². The number of amides is 2. The van der Waals surface area contributed by atoms with Gasteiger partial charge >= 0.3 is 0 Å². The van der Waals surface area contributed by atoms with Crippen molar-refractivity contribution >= 4 is 69.8 Å². The number of rotatable bonds is 7. The highest BCUT2D eigenvalue weighted by molar-refractivity contribution is 8.00. The lowest BCUT2D eigenvalue weighted by Gasteiger charge is -2.14. The molecular weight excluding hydrogens is 475 g/mol. The van der Waals surface area contributed by atoms with Crippen molar-refractivity contribution in [2.75, 3.05) is 10.6 Å². The third-order valence-corrected chi connectivity index (χ3v) is 6.49. The second-order valence-electron chi connectivity index (χ2n) is 6.73. The van der Waals surface area contributed by atoms with Gasteiger partial charge in [-0.3, -0.25) is 9.59 Å². The largest absolute Gasteiger partial charge is 0.326 e. The predicted octanol–water partition coefficient (Wildman–Crippen LogP) is 6.95. The van der Waals surface area contributed by atoms with Crippen LogP contribution in [0.4, 0.5) is 11.4 Å². The summed E-state index contributed by atoms with van der Waals surface area (Å²) < 4.78 is 0. The summed E-state index contributed by atoms with van der Waals surface area (Å²) in [5, 5.41) is 6.63. The molecule has 3 rings (SSSR count). The molecule has 0 aliphatic carbocycles. The number of anilines is 2. The van der Waals surface area contributed by atoms with Gasteiger partial charge in [-0.05, 0) is 61.0 Å². The number of thioether (sulfide) groups is 1. The molecular formula is C23H19Cl3N2O2S. The van der Waals surface area contributed by atoms with Crippen molar-refractivity contribution < 1.29 is 9.59 Å². The van der Waals surface area contributed by atoms with Crippen molar-refractivity contribution in [1.82, 2.24) is 0 Å². The van der Waals surface area contributed by atoms with Crippen LogP contribution in [0.1, 0.15) is 12.5 Å². The Kier molecular flexibility index (Phi) is 8.27. The Labute approximate surface area is 200 Å². The molecule has 31 heavy (non-hydrogen) atoms. The molecule has 0 aliphatic heterocycles. The highest BCUT2D eigenvalue weighted by atomic mass is 35.5. The summed E-state index contributed by atoms with van der Waals surface area (Å²) in [6, 6.07) is 19.6. The first-order valence-corrected chi connectivity index (χ1v) is 11.4. The van der Waals surface area contributed by atoms with Gasteiger partial charge in [0.1, 0.15) is 0 Å². The number of carbonyl (C=O) groups is 2. The van der Waals surface area contributed by atoms with E-state index in [2.05, 4.69) is 10.6 Å². The Morgan fingerprint density at radius 1 is 0.903 bits per heavy atom. The monoisotopic (exact) mass is 492 g/mol. The molecule has 0 radical (unpaired) electrons. The van der Waals surface area contributed by atoms with E-state index >= 15 is 0 Å². The van der Waals surface area contributed by atoms with E-state index in [1.165, 1.54) is 11.8 Å². The standard InChI is InChI=1S/C23H19Cl3N2O2S/c1-14(23(30)28-20-4-2-3-19(25)22(20)26)31-18-11-9-17(10-12-18)27-21(29)13-15-5-7-16(24)8-6-15/h2-12,14H,13H2,1H3,(H,27,29)(H,28,30). The second kappa shape index (κ2) is 10.9. The van der Waals surface area contributed by atoms with Gasteiger partial charge in [0.2, 0.25) is 11.8 Å². The molecule has 2 amide bonds. The van der Waals surface area contributed by atoms with Gasteiger partial charge in [0, 0.05) is 15.6 Å². The molecule has 4 nitrogen and oxygen atoms in total. The maximum Gasteiger partial charge on any atom is 0.237 e. The molecule has 1 unspecified atom stereocenters. The van der Waals surface area contributed by atoms with Crippen LogP contribution in [0.5, 0.6) is 0 Å². The van der Waals surface area contributed by atoms with Gasteiger partial charge in [0.25, 0.3) is 0 Å². The van der Waals surface area contributed by atoms with E-state index in [1.807, 2.05) is 24.3 Å². The lowest BCUT2D eigenvalue weighted by molar-refractivity contribution is -0.116. The van der Waals surface area contributed by atoms with E-state index in [-0.39, 0.29) is 23.5 Å². The van der Waals surface area contributed by atoms with Crippen LogP contribution in [0.2, 0.25) is 15.1 Å². The van der Waals surface area contributed by atoms with E-state index in [0.29, 0.717) is 26.4 Å². The number of halogens is 3. The molecule has 1 atom stereocenters. The first-order valence-electron chi connectivity index (χ1n) is 9.37. The van der Waals surface area contributed by atoms with Gasteiger partial charge in [-0.1, -0.05) is 53.0 Å². The highest BCUT2D eigenvalue weighted by Gasteiger charge is 2.16. The second-order valence-corrected chi connectivity index (χ2v) is 9.36. The zero-order chi connectivity index (χ0) is 22.4. The van der Waals surface area contributed by atoms with Crippen molar-refractivity contribution in [2.45, 2.75) is 23.5 Å². The van der Waals surface area contributed by atoms with Gasteiger partial charge < -0.3 is 10.6 Å². The number of hydrogen-bond acceptors (Lipinski definition) is 3. The zero-order valence-corrected chi connectivity index (χ0v) is 19.6. The smallest absolute Gasteiger partial charge is 0.237 e. The number of benzene rings is 3. The molecule has 160 valence electrons. The maximum absolute atomic E-state index is 12.5. The SMILES string of the molecule is CC(Sc1ccc(NC(=O)Cc2ccc(Cl)cc2)cc1)C(=O)Nc1cccc(Cl)c1Cl. The topological polar surface area (TPSA) is 58.2 Å². The van der Waals surface area contributed by atoms with E-state index in [4.69, 9.17) is 34.8 Å². The van der Waals surface area contributed by atoms with Crippen LogP contribution in [0.15, 0.2) is 71.6 Å². The summed E-state index contributed by atoms with van der Waals surface area (Å²) in [7, 11) is 0. The predicted molar refractivity (Wildman–Crippen MR) is 131 cm³/mol. The van der Waals surface area contributed by atoms with Gasteiger partial charge in [0.15, 0.2) is 0 Å². The first kappa shape index (κ1) is 23.5. The quantitative estimate of drug-likeness (QED) is 0.350. The summed E-state index contributed by atoms with van der Waals surface area (Å²) in [5.74, 6) is -0.302. The summed E-state index contributed by atoms with van der Waals surface area (Å²) in [4.78, 5) is 25.6. The number of nitrogens with one attached hydrogen (secondary N) is 2. The lowest BCUT2D eigenvalue weighted by Crippen LogP contribution is -2.22. The minimum absolute atomic E-state index is 0.117. The van der Waals surface area contributed by atoms with Crippen LogP contribution in [0, 0.1) is 0 Å². The molecule has 3 aromatic rings. The van der Waals surface area contributed by atoms with Crippen molar-refractivity contribution in [2.24, 2.45) is 0 Å². The molecule has 8 heteroatoms. The van der Waals surface area contributed by atoms with Crippen molar-refractivity contribution in [3.8, 4) is 0 Å². The normalized spacial score (nSPS) is 11.6. The van der Waals surface area contributed by atoms with Crippen LogP contribution >= 0.6 is 46.6 Å². The van der Waals surface area contributed by atoms with Gasteiger partial charge in [-0.15, -0.1) is 11.8 Å². The zero-order valence-electron chi connectivity index (χ0n) is 16.5. The number of carbonyl (C=O) groups excluding carboxylic acids is 2. The fourth-order valence-corrected chi connectivity index (χ4v) is 4.04. The Bertz CT molecular complexity index is 1070. The van der Waals surface area contributed by atoms with Gasteiger partial charge in [-0.25, -0.2) is 0 Å². The van der Waals surface area contributed by atoms with Crippen LogP contribution in [0.25, 0.3) is 0 Å². The molecule has 3 aromatic carbocycles. The fourth-order valence-electron chi connectivity index (χ4n) is 2.70. The molecule has 0 aliphatic rings. The molecule has 0 spiro atoms. The average Bonchev–Trinajstić information content (AvgIpc) is 2.74. The Morgan fingerprint density at radius 3 is 2.26 bits per heavy atom. The Balaban J connectivity index is 1.53. The molecule has 0 saturated heterocycles. The summed E-state index contributed by atoms with van der Waals surface area (Å²) in [5.41, 5.74) is 2.05. The van der Waals surface area contributed by atoms with Crippen molar-refractivity contribution in [3.63, 3.8) is 0 Å². The van der Waals surface area contributed by atoms with Crippen LogP contribution in [0.3, 0.4) is 0 Å². The molecule has 2 N–H and O–H groups in total. The third-order valence-electron chi connectivity index (χ3n) is 4.31. The summed E-state index contributed by atoms with van der Waals surface area (Å²) in [6.07, 6.45) is 0.261. The van der Waals surface area contributed by atoms with Gasteiger partial charge in [-0.2, -0.15) is 0 Å². The van der Waals surface area contributed by atoms with Crippen LogP contribution < -0.4 is 10.6 Å². The Hall–Kier alpha value is -2.18. The number of hydrogen-bond donors (Lipinski definition) is 2. The summed E-state index contributed by atoms with van der Waals surface area (Å²) in [6.45, 7) is 1.81. The van der Waals surface area contributed by atoms with Crippen molar-refractivity contribution in [3.05, 3.63) is 87.4 Å². The molecule has 0 saturated carbocycles. The Morgan fingerprint density at radius 2 is 1.58 bits per heavy atom. The summed E-state index contributed by atoms with van der Waals surface area (Å²) >= 11 is 19.4. The van der Waals surface area contributed by atoms with Crippen LogP contribution in [-0.2, 0) is 16.0 Å². The van der Waals surface area contributed by atoms with Gasteiger partial charge in [0.05, 0.1) is 27.4 Å². The molecule has 0 heterocycles. The minimum Gasteiger partial charge on any atom is -0.326 e. The van der Waals surface area contributed by atoms with E-state index in [9.17, 15) is 9.59 Å². The molecule has 0 bridgehead atoms. The minimum atomic E-state index is -0.361. The van der Waals surface area contributed by atoms with E-state index in [1.54, 1.807) is 49.4 Å². The average molecular weight is 494 g/mol. The lowest BCUT2D eigenvalue weighted by atomic mass is 10.1. The van der Waals surface area contributed by atoms with Crippen molar-refractivity contribution in [1.29, 1.82) is 0 Å². The van der Waals surface area contributed by atoms with E-state index < -0.39 is 0 Å². The molecule has 0 aromatic heterocycles. The van der Waals surface area contributed by atoms with E-state index in [0.717, 1.165) is 10.5 Å². The fraction of sp³-hybridized carbons (Fsp3) is 0.130. The first-order chi connectivity index (χ1) is 14.8. The highest BCUT2D eigenvalue weighted by Crippen LogP contribution is 2.31. The maximum atomic E-state index is 12.5. The third kappa shape index (κ3) is 6.91.